The van der Waals surface area contributed by atoms with Crippen molar-refractivity contribution in [2.24, 2.45) is 0 Å². The Balaban J connectivity index is 1.41. The molecule has 5 rings (SSSR count). The van der Waals surface area contributed by atoms with Gasteiger partial charge in [-0.15, -0.1) is 0 Å². The summed E-state index contributed by atoms with van der Waals surface area (Å²) in [5, 5.41) is 4.49. The minimum Gasteiger partial charge on any atom is -0.335 e. The van der Waals surface area contributed by atoms with Crippen LogP contribution in [0.4, 0.5) is 8.78 Å². The van der Waals surface area contributed by atoms with Crippen LogP contribution in [0.5, 0.6) is 0 Å². The predicted molar refractivity (Wildman–Crippen MR) is 107 cm³/mol. The van der Waals surface area contributed by atoms with Gasteiger partial charge in [-0.3, -0.25) is 9.36 Å². The lowest BCUT2D eigenvalue weighted by Crippen LogP contribution is -2.42. The predicted octanol–water partition coefficient (Wildman–Crippen LogP) is 2.72. The van der Waals surface area contributed by atoms with Crippen LogP contribution in [-0.4, -0.2) is 44.2 Å². The van der Waals surface area contributed by atoms with E-state index in [1.54, 1.807) is 0 Å². The molecule has 1 aliphatic carbocycles. The number of aryl methyl sites for hydroxylation is 3. The van der Waals surface area contributed by atoms with Crippen molar-refractivity contribution in [2.75, 3.05) is 13.1 Å². The highest BCUT2D eigenvalue weighted by molar-refractivity contribution is 5.81. The molecule has 0 N–H and O–H groups in total. The van der Waals surface area contributed by atoms with Crippen LogP contribution < -0.4 is 5.69 Å². The Morgan fingerprint density at radius 3 is 2.70 bits per heavy atom. The van der Waals surface area contributed by atoms with Gasteiger partial charge >= 0.3 is 5.69 Å². The van der Waals surface area contributed by atoms with E-state index in [1.807, 2.05) is 6.07 Å². The van der Waals surface area contributed by atoms with Crippen molar-refractivity contribution < 1.29 is 13.6 Å². The van der Waals surface area contributed by atoms with E-state index in [0.717, 1.165) is 24.8 Å². The summed E-state index contributed by atoms with van der Waals surface area (Å²) in [6, 6.07) is 5.62. The largest absolute Gasteiger partial charge is 0.346 e. The Morgan fingerprint density at radius 2 is 1.93 bits per heavy atom. The van der Waals surface area contributed by atoms with Crippen LogP contribution in [0.15, 0.2) is 23.0 Å². The number of carbonyl (C=O) groups is 1. The summed E-state index contributed by atoms with van der Waals surface area (Å²) in [4.78, 5) is 27.2. The summed E-state index contributed by atoms with van der Waals surface area (Å²) in [5.41, 5.74) is 3.43. The molecular weight excluding hydrogens is 390 g/mol. The van der Waals surface area contributed by atoms with Crippen LogP contribution in [0.2, 0.25) is 0 Å². The van der Waals surface area contributed by atoms with E-state index in [9.17, 15) is 18.4 Å². The number of benzene rings is 1. The smallest absolute Gasteiger partial charge is 0.335 e. The van der Waals surface area contributed by atoms with Crippen LogP contribution in [-0.2, 0) is 30.6 Å². The maximum atomic E-state index is 13.6. The Morgan fingerprint density at radius 1 is 1.13 bits per heavy atom. The second-order valence-corrected chi connectivity index (χ2v) is 8.81. The van der Waals surface area contributed by atoms with Crippen LogP contribution in [0.1, 0.15) is 60.7 Å². The number of amides is 1. The van der Waals surface area contributed by atoms with Crippen molar-refractivity contribution in [3.63, 3.8) is 0 Å². The lowest BCUT2D eigenvalue weighted by molar-refractivity contribution is -0.135. The normalized spacial score (nSPS) is 22.6. The molecule has 1 atom stereocenters. The highest BCUT2D eigenvalue weighted by Gasteiger charge is 2.43. The monoisotopic (exact) mass is 416 g/mol. The molecule has 3 aliphatic rings. The van der Waals surface area contributed by atoms with E-state index in [2.05, 4.69) is 17.2 Å². The van der Waals surface area contributed by atoms with E-state index in [4.69, 9.17) is 0 Å². The van der Waals surface area contributed by atoms with Crippen molar-refractivity contribution in [3.05, 3.63) is 51.2 Å². The SMILES string of the molecule is O=C(C1CCCc2nn(Cc3ccc4c(c3)CCCC4)c(=O)n21)N1CCC(F)(F)C1. The molecule has 0 radical (unpaired) electrons. The molecule has 30 heavy (non-hydrogen) atoms. The zero-order valence-corrected chi connectivity index (χ0v) is 16.9. The van der Waals surface area contributed by atoms with Crippen molar-refractivity contribution in [1.82, 2.24) is 19.2 Å². The van der Waals surface area contributed by atoms with E-state index in [0.29, 0.717) is 25.2 Å². The zero-order chi connectivity index (χ0) is 20.9. The average molecular weight is 416 g/mol. The lowest BCUT2D eigenvalue weighted by atomic mass is 9.90. The number of alkyl halides is 2. The summed E-state index contributed by atoms with van der Waals surface area (Å²) in [5.74, 6) is -2.65. The van der Waals surface area contributed by atoms with Gasteiger partial charge < -0.3 is 4.90 Å². The maximum Gasteiger partial charge on any atom is 0.346 e. The quantitative estimate of drug-likeness (QED) is 0.773. The summed E-state index contributed by atoms with van der Waals surface area (Å²) >= 11 is 0. The van der Waals surface area contributed by atoms with Crippen molar-refractivity contribution >= 4 is 5.91 Å². The molecule has 1 aromatic carbocycles. The minimum absolute atomic E-state index is 0.0374. The number of aromatic nitrogens is 3. The Bertz CT molecular complexity index is 1040. The van der Waals surface area contributed by atoms with Gasteiger partial charge in [0.05, 0.1) is 13.1 Å². The van der Waals surface area contributed by atoms with Crippen LogP contribution in [0, 0.1) is 0 Å². The number of halogens is 2. The molecule has 1 saturated heterocycles. The topological polar surface area (TPSA) is 60.1 Å². The van der Waals surface area contributed by atoms with E-state index >= 15 is 0 Å². The van der Waals surface area contributed by atoms with E-state index in [-0.39, 0.29) is 24.6 Å². The number of hydrogen-bond donors (Lipinski definition) is 0. The molecule has 3 heterocycles. The van der Waals surface area contributed by atoms with E-state index < -0.39 is 18.5 Å². The van der Waals surface area contributed by atoms with Gasteiger partial charge in [-0.2, -0.15) is 5.10 Å². The first-order chi connectivity index (χ1) is 14.4. The Hall–Kier alpha value is -2.51. The second-order valence-electron chi connectivity index (χ2n) is 8.81. The molecule has 1 fully saturated rings. The maximum absolute atomic E-state index is 13.6. The van der Waals surface area contributed by atoms with Gasteiger partial charge in [0.15, 0.2) is 0 Å². The fourth-order valence-electron chi connectivity index (χ4n) is 5.06. The zero-order valence-electron chi connectivity index (χ0n) is 16.9. The molecule has 2 aliphatic heterocycles. The molecule has 8 heteroatoms. The standard InChI is InChI=1S/C22H26F2N4O2/c23-22(24)10-11-26(14-22)20(29)18-6-3-7-19-25-27(21(30)28(18)19)13-15-8-9-16-4-1-2-5-17(16)12-15/h8-9,12,18H,1-7,10-11,13-14H2. The molecule has 1 amide bonds. The van der Waals surface area contributed by atoms with Gasteiger partial charge in [0, 0.05) is 19.4 Å². The van der Waals surface area contributed by atoms with Gasteiger partial charge in [0.2, 0.25) is 5.91 Å². The number of hydrogen-bond acceptors (Lipinski definition) is 3. The summed E-state index contributed by atoms with van der Waals surface area (Å²) in [7, 11) is 0. The first kappa shape index (κ1) is 19.5. The number of likely N-dealkylation sites (tertiary alicyclic amines) is 1. The number of rotatable bonds is 3. The average Bonchev–Trinajstić information content (AvgIpc) is 3.26. The Kier molecular flexibility index (Phi) is 4.75. The van der Waals surface area contributed by atoms with Gasteiger partial charge in [0.1, 0.15) is 11.9 Å². The summed E-state index contributed by atoms with van der Waals surface area (Å²) in [6.45, 7) is -0.166. The highest BCUT2D eigenvalue weighted by atomic mass is 19.3. The lowest BCUT2D eigenvalue weighted by Gasteiger charge is -2.27. The summed E-state index contributed by atoms with van der Waals surface area (Å²) in [6.07, 6.45) is 6.08. The number of nitrogens with zero attached hydrogens (tertiary/aromatic N) is 4. The van der Waals surface area contributed by atoms with Gasteiger partial charge in [-0.25, -0.2) is 18.3 Å². The number of fused-ring (bicyclic) bond motifs is 2. The second kappa shape index (κ2) is 7.32. The molecule has 0 spiro atoms. The highest BCUT2D eigenvalue weighted by Crippen LogP contribution is 2.31. The van der Waals surface area contributed by atoms with Crippen molar-refractivity contribution in [3.8, 4) is 0 Å². The molecule has 6 nitrogen and oxygen atoms in total. The molecule has 1 aromatic heterocycles. The third-order valence-corrected chi connectivity index (χ3v) is 6.64. The van der Waals surface area contributed by atoms with Gasteiger partial charge in [-0.1, -0.05) is 18.2 Å². The molecule has 2 aromatic rings. The minimum atomic E-state index is -2.84. The fraction of sp³-hybridized carbons (Fsp3) is 0.591. The van der Waals surface area contributed by atoms with Gasteiger partial charge in [0.25, 0.3) is 5.92 Å². The fourth-order valence-corrected chi connectivity index (χ4v) is 5.06. The Labute approximate surface area is 173 Å². The molecule has 0 saturated carbocycles. The first-order valence-electron chi connectivity index (χ1n) is 10.9. The first-order valence-corrected chi connectivity index (χ1v) is 10.9. The van der Waals surface area contributed by atoms with Crippen molar-refractivity contribution in [1.29, 1.82) is 0 Å². The third-order valence-electron chi connectivity index (χ3n) is 6.64. The van der Waals surface area contributed by atoms with Gasteiger partial charge in [-0.05, 0) is 55.2 Å². The molecule has 1 unspecified atom stereocenters. The molecule has 0 bridgehead atoms. The third kappa shape index (κ3) is 3.46. The summed E-state index contributed by atoms with van der Waals surface area (Å²) < 4.78 is 30.0. The van der Waals surface area contributed by atoms with E-state index in [1.165, 1.54) is 38.1 Å². The molecule has 160 valence electrons. The molecular formula is C22H26F2N4O2. The number of carbonyl (C=O) groups excluding carboxylic acids is 1. The van der Waals surface area contributed by atoms with Crippen LogP contribution >= 0.6 is 0 Å². The van der Waals surface area contributed by atoms with Crippen molar-refractivity contribution in [2.45, 2.75) is 69.9 Å². The van der Waals surface area contributed by atoms with Crippen LogP contribution in [0.3, 0.4) is 0 Å². The van der Waals surface area contributed by atoms with Crippen LogP contribution in [0.25, 0.3) is 0 Å².